The van der Waals surface area contributed by atoms with Crippen LogP contribution in [0.5, 0.6) is 0 Å². The lowest BCUT2D eigenvalue weighted by molar-refractivity contribution is -0.137. The van der Waals surface area contributed by atoms with Crippen molar-refractivity contribution in [3.63, 3.8) is 0 Å². The molecule has 7 heteroatoms. The maximum Gasteiger partial charge on any atom is 0.323 e. The van der Waals surface area contributed by atoms with Gasteiger partial charge in [-0.15, -0.1) is 0 Å². The van der Waals surface area contributed by atoms with Gasteiger partial charge in [-0.1, -0.05) is 23.2 Å². The molecule has 5 nitrogen and oxygen atoms in total. The Morgan fingerprint density at radius 2 is 1.85 bits per heavy atom. The normalized spacial score (nSPS) is 10.7. The summed E-state index contributed by atoms with van der Waals surface area (Å²) in [6.07, 6.45) is 0. The van der Waals surface area contributed by atoms with Crippen LogP contribution in [-0.4, -0.2) is 60.5 Å². The molecule has 0 atom stereocenters. The molecule has 110 valence electrons. The van der Waals surface area contributed by atoms with Gasteiger partial charge in [-0.2, -0.15) is 0 Å². The van der Waals surface area contributed by atoms with Gasteiger partial charge in [0.2, 0.25) is 0 Å². The summed E-state index contributed by atoms with van der Waals surface area (Å²) in [6.45, 7) is 0.466. The van der Waals surface area contributed by atoms with Crippen molar-refractivity contribution in [2.75, 3.05) is 33.7 Å². The minimum atomic E-state index is -1.07. The summed E-state index contributed by atoms with van der Waals surface area (Å²) < 4.78 is 0. The Hall–Kier alpha value is -1.30. The lowest BCUT2D eigenvalue weighted by Crippen LogP contribution is -2.40. The van der Waals surface area contributed by atoms with E-state index in [9.17, 15) is 9.59 Å². The third-order valence-electron chi connectivity index (χ3n) is 2.59. The Morgan fingerprint density at radius 1 is 1.20 bits per heavy atom. The number of amides is 1. The molecule has 1 rings (SSSR count). The van der Waals surface area contributed by atoms with Gasteiger partial charge in [0.05, 0.1) is 10.6 Å². The van der Waals surface area contributed by atoms with Crippen LogP contribution < -0.4 is 0 Å². The van der Waals surface area contributed by atoms with Gasteiger partial charge < -0.3 is 14.9 Å². The van der Waals surface area contributed by atoms with Gasteiger partial charge in [0.1, 0.15) is 6.54 Å². The van der Waals surface area contributed by atoms with Crippen LogP contribution in [0.1, 0.15) is 10.4 Å². The summed E-state index contributed by atoms with van der Waals surface area (Å²) in [5.41, 5.74) is 0.208. The molecule has 1 amide bonds. The van der Waals surface area contributed by atoms with Gasteiger partial charge in [-0.05, 0) is 32.3 Å². The first-order chi connectivity index (χ1) is 9.31. The van der Waals surface area contributed by atoms with E-state index in [1.807, 2.05) is 19.0 Å². The predicted molar refractivity (Wildman–Crippen MR) is 78.6 cm³/mol. The number of hydrogen-bond acceptors (Lipinski definition) is 3. The van der Waals surface area contributed by atoms with Crippen molar-refractivity contribution in [2.45, 2.75) is 0 Å². The number of carbonyl (C=O) groups is 2. The van der Waals surface area contributed by atoms with Crippen molar-refractivity contribution in [1.29, 1.82) is 0 Å². The fourth-order valence-corrected chi connectivity index (χ4v) is 1.94. The maximum absolute atomic E-state index is 12.4. The number of rotatable bonds is 6. The van der Waals surface area contributed by atoms with Crippen molar-refractivity contribution in [3.8, 4) is 0 Å². The van der Waals surface area contributed by atoms with Gasteiger partial charge in [-0.25, -0.2) is 0 Å². The van der Waals surface area contributed by atoms with E-state index < -0.39 is 11.9 Å². The van der Waals surface area contributed by atoms with Gasteiger partial charge in [0.15, 0.2) is 0 Å². The molecule has 1 aromatic carbocycles. The quantitative estimate of drug-likeness (QED) is 0.872. The van der Waals surface area contributed by atoms with Gasteiger partial charge >= 0.3 is 5.97 Å². The monoisotopic (exact) mass is 318 g/mol. The number of benzene rings is 1. The highest BCUT2D eigenvalue weighted by Gasteiger charge is 2.21. The molecule has 0 bridgehead atoms. The number of halogens is 2. The topological polar surface area (TPSA) is 60.9 Å². The van der Waals surface area contributed by atoms with Crippen LogP contribution in [-0.2, 0) is 4.79 Å². The second-order valence-corrected chi connectivity index (χ2v) is 5.39. The molecular formula is C13H16Cl2N2O3. The molecule has 1 N–H and O–H groups in total. The molecule has 0 radical (unpaired) electrons. The van der Waals surface area contributed by atoms with Crippen LogP contribution in [0.15, 0.2) is 18.2 Å². The van der Waals surface area contributed by atoms with Gasteiger partial charge in [0.25, 0.3) is 5.91 Å². The molecule has 0 fully saturated rings. The third-order valence-corrected chi connectivity index (χ3v) is 3.15. The van der Waals surface area contributed by atoms with E-state index in [0.717, 1.165) is 0 Å². The van der Waals surface area contributed by atoms with Crippen molar-refractivity contribution in [3.05, 3.63) is 33.8 Å². The lowest BCUT2D eigenvalue weighted by Gasteiger charge is -2.23. The van der Waals surface area contributed by atoms with E-state index >= 15 is 0 Å². The Morgan fingerprint density at radius 3 is 2.40 bits per heavy atom. The minimum absolute atomic E-state index is 0.208. The summed E-state index contributed by atoms with van der Waals surface area (Å²) >= 11 is 11.8. The minimum Gasteiger partial charge on any atom is -0.480 e. The van der Waals surface area contributed by atoms with Crippen molar-refractivity contribution < 1.29 is 14.7 Å². The van der Waals surface area contributed by atoms with Crippen LogP contribution in [0.2, 0.25) is 10.0 Å². The third kappa shape index (κ3) is 5.00. The number of carboxylic acids is 1. The number of hydrogen-bond donors (Lipinski definition) is 1. The second-order valence-electron chi connectivity index (χ2n) is 4.55. The number of carbonyl (C=O) groups excluding carboxylic acids is 1. The van der Waals surface area contributed by atoms with Crippen LogP contribution in [0.3, 0.4) is 0 Å². The molecule has 20 heavy (non-hydrogen) atoms. The smallest absolute Gasteiger partial charge is 0.323 e. The molecule has 0 saturated carbocycles. The maximum atomic E-state index is 12.4. The highest BCUT2D eigenvalue weighted by atomic mass is 35.5. The highest BCUT2D eigenvalue weighted by molar-refractivity contribution is 6.35. The second kappa shape index (κ2) is 7.47. The van der Waals surface area contributed by atoms with Crippen molar-refractivity contribution in [2.24, 2.45) is 0 Å². The molecule has 0 spiro atoms. The van der Waals surface area contributed by atoms with Gasteiger partial charge in [0, 0.05) is 18.1 Å². The summed E-state index contributed by atoms with van der Waals surface area (Å²) in [6, 6.07) is 4.53. The molecule has 1 aromatic rings. The number of nitrogens with zero attached hydrogens (tertiary/aromatic N) is 2. The van der Waals surface area contributed by atoms with E-state index in [-0.39, 0.29) is 17.1 Å². The highest BCUT2D eigenvalue weighted by Crippen LogP contribution is 2.22. The Bertz CT molecular complexity index is 506. The first kappa shape index (κ1) is 16.8. The lowest BCUT2D eigenvalue weighted by atomic mass is 10.2. The number of likely N-dealkylation sites (N-methyl/N-ethyl adjacent to an activating group) is 1. The van der Waals surface area contributed by atoms with E-state index in [4.69, 9.17) is 28.3 Å². The summed E-state index contributed by atoms with van der Waals surface area (Å²) in [4.78, 5) is 26.3. The van der Waals surface area contributed by atoms with Crippen LogP contribution >= 0.6 is 23.2 Å². The summed E-state index contributed by atoms with van der Waals surface area (Å²) in [7, 11) is 3.69. The number of aliphatic carboxylic acids is 1. The number of carboxylic acid groups (broad SMARTS) is 1. The Balaban J connectivity index is 2.96. The SMILES string of the molecule is CN(C)CCN(CC(=O)O)C(=O)c1cc(Cl)ccc1Cl. The summed E-state index contributed by atoms with van der Waals surface area (Å²) in [5, 5.41) is 9.53. The van der Waals surface area contributed by atoms with E-state index in [1.165, 1.54) is 17.0 Å². The molecule has 0 saturated heterocycles. The fourth-order valence-electron chi connectivity index (χ4n) is 1.57. The van der Waals surface area contributed by atoms with Crippen LogP contribution in [0, 0.1) is 0 Å². The molecule has 0 aromatic heterocycles. The first-order valence-electron chi connectivity index (χ1n) is 5.92. The van der Waals surface area contributed by atoms with Crippen LogP contribution in [0.4, 0.5) is 0 Å². The van der Waals surface area contributed by atoms with Crippen molar-refractivity contribution in [1.82, 2.24) is 9.80 Å². The molecule has 0 unspecified atom stereocenters. The zero-order chi connectivity index (χ0) is 15.3. The van der Waals surface area contributed by atoms with Gasteiger partial charge in [-0.3, -0.25) is 9.59 Å². The summed E-state index contributed by atoms with van der Waals surface area (Å²) in [5.74, 6) is -1.52. The Kier molecular flexibility index (Phi) is 6.26. The predicted octanol–water partition coefficient (Wildman–Crippen LogP) is 2.08. The largest absolute Gasteiger partial charge is 0.480 e. The zero-order valence-corrected chi connectivity index (χ0v) is 12.8. The van der Waals surface area contributed by atoms with E-state index in [2.05, 4.69) is 0 Å². The van der Waals surface area contributed by atoms with E-state index in [1.54, 1.807) is 6.07 Å². The zero-order valence-electron chi connectivity index (χ0n) is 11.3. The fraction of sp³-hybridized carbons (Fsp3) is 0.385. The standard InChI is InChI=1S/C13H16Cl2N2O3/c1-16(2)5-6-17(8-12(18)19)13(20)10-7-9(14)3-4-11(10)15/h3-4,7H,5-6,8H2,1-2H3,(H,18,19). The molecule has 0 aliphatic rings. The first-order valence-corrected chi connectivity index (χ1v) is 6.67. The van der Waals surface area contributed by atoms with Crippen molar-refractivity contribution >= 4 is 35.1 Å². The molecule has 0 aliphatic heterocycles. The average molecular weight is 319 g/mol. The average Bonchev–Trinajstić information content (AvgIpc) is 2.36. The Labute approximate surface area is 127 Å². The van der Waals surface area contributed by atoms with E-state index in [0.29, 0.717) is 18.1 Å². The molecule has 0 heterocycles. The van der Waals surface area contributed by atoms with Crippen LogP contribution in [0.25, 0.3) is 0 Å². The molecule has 0 aliphatic carbocycles. The molecular weight excluding hydrogens is 303 g/mol.